The van der Waals surface area contributed by atoms with Crippen LogP contribution in [0.1, 0.15) is 38.7 Å². The van der Waals surface area contributed by atoms with Crippen molar-refractivity contribution in [1.29, 1.82) is 0 Å². The van der Waals surface area contributed by atoms with Gasteiger partial charge in [0.25, 0.3) is 0 Å². The van der Waals surface area contributed by atoms with Gasteiger partial charge in [0.05, 0.1) is 12.5 Å². The fourth-order valence-electron chi connectivity index (χ4n) is 1.72. The molecule has 0 saturated carbocycles. The fourth-order valence-corrected chi connectivity index (χ4v) is 1.72. The lowest BCUT2D eigenvalue weighted by atomic mass is 10.2. The summed E-state index contributed by atoms with van der Waals surface area (Å²) in [5.74, 6) is 1.20. The van der Waals surface area contributed by atoms with Gasteiger partial charge in [0.1, 0.15) is 5.82 Å². The smallest absolute Gasteiger partial charge is 0.321 e. The number of hydrogen-bond donors (Lipinski definition) is 1. The second kappa shape index (κ2) is 7.52. The molecule has 6 nitrogen and oxygen atoms in total. The second-order valence-corrected chi connectivity index (χ2v) is 4.95. The zero-order chi connectivity index (χ0) is 15.1. The lowest BCUT2D eigenvalue weighted by molar-refractivity contribution is 0.221. The molecule has 0 amide bonds. The molecule has 2 heterocycles. The number of ether oxygens (including phenoxy) is 1. The van der Waals surface area contributed by atoms with Crippen molar-refractivity contribution in [3.05, 3.63) is 35.9 Å². The fraction of sp³-hybridized carbons (Fsp3) is 0.467. The van der Waals surface area contributed by atoms with Crippen LogP contribution in [0.15, 0.2) is 24.4 Å². The number of nitrogens with zero attached hydrogens (tertiary/aromatic N) is 4. The van der Waals surface area contributed by atoms with E-state index < -0.39 is 0 Å². The van der Waals surface area contributed by atoms with E-state index in [0.29, 0.717) is 24.2 Å². The number of rotatable bonds is 7. The molecule has 2 rings (SSSR count). The Balaban J connectivity index is 2.21. The lowest BCUT2D eigenvalue weighted by Gasteiger charge is -2.11. The van der Waals surface area contributed by atoms with E-state index in [4.69, 9.17) is 4.74 Å². The number of hydrogen-bond acceptors (Lipinski definition) is 6. The average Bonchev–Trinajstić information content (AvgIpc) is 2.45. The molecule has 2 aromatic rings. The summed E-state index contributed by atoms with van der Waals surface area (Å²) < 4.78 is 5.59. The monoisotopic (exact) mass is 287 g/mol. The van der Waals surface area contributed by atoms with E-state index in [0.717, 1.165) is 18.7 Å². The van der Waals surface area contributed by atoms with Gasteiger partial charge in [0.15, 0.2) is 0 Å². The van der Waals surface area contributed by atoms with E-state index in [9.17, 15) is 0 Å². The normalized spacial score (nSPS) is 10.7. The molecule has 6 heteroatoms. The number of aromatic nitrogens is 4. The van der Waals surface area contributed by atoms with E-state index in [2.05, 4.69) is 32.2 Å². The zero-order valence-electron chi connectivity index (χ0n) is 12.7. The van der Waals surface area contributed by atoms with Crippen LogP contribution in [0.25, 0.3) is 0 Å². The highest BCUT2D eigenvalue weighted by atomic mass is 16.5. The lowest BCUT2D eigenvalue weighted by Crippen LogP contribution is -2.14. The highest BCUT2D eigenvalue weighted by Gasteiger charge is 2.10. The van der Waals surface area contributed by atoms with Crippen molar-refractivity contribution in [1.82, 2.24) is 19.9 Å². The summed E-state index contributed by atoms with van der Waals surface area (Å²) >= 11 is 0. The predicted molar refractivity (Wildman–Crippen MR) is 81.4 cm³/mol. The highest BCUT2D eigenvalue weighted by molar-refractivity contribution is 5.27. The van der Waals surface area contributed by atoms with Crippen molar-refractivity contribution < 1.29 is 4.74 Å². The van der Waals surface area contributed by atoms with Crippen LogP contribution in [0, 0.1) is 0 Å². The van der Waals surface area contributed by atoms with Gasteiger partial charge < -0.3 is 10.1 Å². The summed E-state index contributed by atoms with van der Waals surface area (Å²) in [4.78, 5) is 17.3. The molecule has 0 fully saturated rings. The number of nitrogens with one attached hydrogen (secondary N) is 1. The van der Waals surface area contributed by atoms with Gasteiger partial charge in [0, 0.05) is 18.4 Å². The first-order valence-corrected chi connectivity index (χ1v) is 7.22. The van der Waals surface area contributed by atoms with Crippen LogP contribution < -0.4 is 10.1 Å². The first kappa shape index (κ1) is 15.2. The molecule has 0 bridgehead atoms. The van der Waals surface area contributed by atoms with Gasteiger partial charge in [-0.25, -0.2) is 0 Å². The van der Waals surface area contributed by atoms with Crippen LogP contribution >= 0.6 is 0 Å². The maximum atomic E-state index is 5.59. The molecule has 0 spiro atoms. The van der Waals surface area contributed by atoms with E-state index >= 15 is 0 Å². The maximum absolute atomic E-state index is 5.59. The maximum Gasteiger partial charge on any atom is 0.321 e. The third kappa shape index (κ3) is 4.98. The van der Waals surface area contributed by atoms with Gasteiger partial charge in [0.2, 0.25) is 5.95 Å². The summed E-state index contributed by atoms with van der Waals surface area (Å²) in [6.45, 7) is 6.80. The summed E-state index contributed by atoms with van der Waals surface area (Å²) in [6.07, 6.45) is 3.34. The Hall–Kier alpha value is -2.24. The second-order valence-electron chi connectivity index (χ2n) is 4.95. The molecular weight excluding hydrogens is 266 g/mol. The molecule has 0 unspecified atom stereocenters. The van der Waals surface area contributed by atoms with Crippen molar-refractivity contribution in [2.75, 3.05) is 11.9 Å². The molecule has 0 saturated heterocycles. The van der Waals surface area contributed by atoms with E-state index in [1.54, 1.807) is 6.20 Å². The van der Waals surface area contributed by atoms with Gasteiger partial charge in [-0.3, -0.25) is 4.98 Å². The molecule has 21 heavy (non-hydrogen) atoms. The molecule has 0 radical (unpaired) electrons. The van der Waals surface area contributed by atoms with Gasteiger partial charge in [-0.05, 0) is 32.4 Å². The first-order chi connectivity index (χ1) is 10.2. The van der Waals surface area contributed by atoms with Crippen molar-refractivity contribution in [3.63, 3.8) is 0 Å². The molecule has 0 atom stereocenters. The predicted octanol–water partition coefficient (Wildman–Crippen LogP) is 2.47. The molecule has 1 N–H and O–H groups in total. The molecule has 0 aliphatic heterocycles. The minimum absolute atomic E-state index is 0.0223. The Kier molecular flexibility index (Phi) is 5.43. The summed E-state index contributed by atoms with van der Waals surface area (Å²) in [7, 11) is 0. The Morgan fingerprint density at radius 2 is 2.05 bits per heavy atom. The Morgan fingerprint density at radius 3 is 2.71 bits per heavy atom. The van der Waals surface area contributed by atoms with Gasteiger partial charge in [-0.1, -0.05) is 13.0 Å². The number of anilines is 1. The third-order valence-corrected chi connectivity index (χ3v) is 2.60. The van der Waals surface area contributed by atoms with Gasteiger partial charge in [-0.15, -0.1) is 0 Å². The summed E-state index contributed by atoms with van der Waals surface area (Å²) in [6, 6.07) is 6.14. The van der Waals surface area contributed by atoms with Crippen LogP contribution in [0.5, 0.6) is 6.01 Å². The van der Waals surface area contributed by atoms with Crippen LogP contribution in [0.4, 0.5) is 5.95 Å². The Labute approximate surface area is 125 Å². The van der Waals surface area contributed by atoms with Crippen LogP contribution in [-0.2, 0) is 6.42 Å². The Morgan fingerprint density at radius 1 is 1.19 bits per heavy atom. The van der Waals surface area contributed by atoms with Gasteiger partial charge >= 0.3 is 6.01 Å². The first-order valence-electron chi connectivity index (χ1n) is 7.22. The standard InChI is InChI=1S/C15H21N5O/c1-4-8-17-14-18-13(10-12-7-5-6-9-16-12)19-15(20-14)21-11(2)3/h5-7,9,11H,4,8,10H2,1-3H3,(H,17,18,19,20). The Bertz CT molecular complexity index is 559. The van der Waals surface area contributed by atoms with E-state index in [1.807, 2.05) is 32.0 Å². The summed E-state index contributed by atoms with van der Waals surface area (Å²) in [5, 5.41) is 3.17. The van der Waals surface area contributed by atoms with E-state index in [1.165, 1.54) is 0 Å². The molecular formula is C15H21N5O. The van der Waals surface area contributed by atoms with Crippen LogP contribution in [0.3, 0.4) is 0 Å². The van der Waals surface area contributed by atoms with Crippen LogP contribution in [-0.4, -0.2) is 32.6 Å². The topological polar surface area (TPSA) is 72.8 Å². The highest BCUT2D eigenvalue weighted by Crippen LogP contribution is 2.12. The van der Waals surface area contributed by atoms with Crippen LogP contribution in [0.2, 0.25) is 0 Å². The average molecular weight is 287 g/mol. The zero-order valence-corrected chi connectivity index (χ0v) is 12.7. The van der Waals surface area contributed by atoms with Crippen molar-refractivity contribution >= 4 is 5.95 Å². The quantitative estimate of drug-likeness (QED) is 0.843. The SMILES string of the molecule is CCCNc1nc(Cc2ccccn2)nc(OC(C)C)n1. The molecule has 112 valence electrons. The third-order valence-electron chi connectivity index (χ3n) is 2.60. The van der Waals surface area contributed by atoms with Crippen molar-refractivity contribution in [2.24, 2.45) is 0 Å². The van der Waals surface area contributed by atoms with Crippen molar-refractivity contribution in [2.45, 2.75) is 39.7 Å². The van der Waals surface area contributed by atoms with Crippen molar-refractivity contribution in [3.8, 4) is 6.01 Å². The molecule has 0 aliphatic rings. The minimum atomic E-state index is 0.0223. The summed E-state index contributed by atoms with van der Waals surface area (Å²) in [5.41, 5.74) is 0.917. The number of pyridine rings is 1. The molecule has 2 aromatic heterocycles. The molecule has 0 aliphatic carbocycles. The molecule has 0 aromatic carbocycles. The largest absolute Gasteiger partial charge is 0.461 e. The minimum Gasteiger partial charge on any atom is -0.461 e. The van der Waals surface area contributed by atoms with E-state index in [-0.39, 0.29) is 6.10 Å². The van der Waals surface area contributed by atoms with Gasteiger partial charge in [-0.2, -0.15) is 15.0 Å².